The number of benzene rings is 1. The average Bonchev–Trinajstić information content (AvgIpc) is 3.09. The van der Waals surface area contributed by atoms with Crippen molar-refractivity contribution in [1.82, 2.24) is 15.0 Å². The summed E-state index contributed by atoms with van der Waals surface area (Å²) in [7, 11) is 1.56. The number of nitrogens with zero attached hydrogens (tertiary/aromatic N) is 3. The van der Waals surface area contributed by atoms with Gasteiger partial charge < -0.3 is 18.9 Å². The van der Waals surface area contributed by atoms with Crippen LogP contribution in [0.4, 0.5) is 0 Å². The van der Waals surface area contributed by atoms with Crippen LogP contribution in [-0.4, -0.2) is 47.8 Å². The van der Waals surface area contributed by atoms with Gasteiger partial charge in [-0.15, -0.1) is 0 Å². The Morgan fingerprint density at radius 3 is 2.69 bits per heavy atom. The number of carbonyl (C=O) groups excluding carboxylic acids is 1. The van der Waals surface area contributed by atoms with E-state index in [1.165, 1.54) is 5.56 Å². The minimum absolute atomic E-state index is 0.0471. The lowest BCUT2D eigenvalue weighted by molar-refractivity contribution is -0.00577. The molecule has 140 valence electrons. The molecule has 1 aliphatic rings. The van der Waals surface area contributed by atoms with E-state index in [9.17, 15) is 4.79 Å². The summed E-state index contributed by atoms with van der Waals surface area (Å²) in [6, 6.07) is 7.40. The third kappa shape index (κ3) is 3.94. The predicted octanol–water partition coefficient (Wildman–Crippen LogP) is 2.73. The van der Waals surface area contributed by atoms with Crippen molar-refractivity contribution in [3.05, 3.63) is 47.1 Å². The van der Waals surface area contributed by atoms with Gasteiger partial charge in [0.15, 0.2) is 5.82 Å². The van der Waals surface area contributed by atoms with Gasteiger partial charge in [-0.05, 0) is 23.1 Å². The Labute approximate surface area is 153 Å². The fourth-order valence-corrected chi connectivity index (χ4v) is 2.92. The van der Waals surface area contributed by atoms with Crippen LogP contribution in [0.15, 0.2) is 28.8 Å². The molecule has 1 amide bonds. The van der Waals surface area contributed by atoms with Crippen molar-refractivity contribution >= 4 is 5.91 Å². The van der Waals surface area contributed by atoms with Gasteiger partial charge in [0, 0.05) is 19.2 Å². The van der Waals surface area contributed by atoms with E-state index in [0.717, 1.165) is 0 Å². The van der Waals surface area contributed by atoms with E-state index in [-0.39, 0.29) is 24.0 Å². The Kier molecular flexibility index (Phi) is 5.38. The lowest BCUT2D eigenvalue weighted by Gasteiger charge is -2.33. The molecule has 0 spiro atoms. The van der Waals surface area contributed by atoms with Crippen molar-refractivity contribution in [1.29, 1.82) is 0 Å². The number of carbonyl (C=O) groups is 1. The lowest BCUT2D eigenvalue weighted by Crippen LogP contribution is -2.43. The third-order valence-corrected chi connectivity index (χ3v) is 4.44. The molecule has 1 saturated heterocycles. The van der Waals surface area contributed by atoms with Crippen LogP contribution in [-0.2, 0) is 21.5 Å². The van der Waals surface area contributed by atoms with E-state index in [1.54, 1.807) is 12.0 Å². The Hall–Kier alpha value is -2.25. The summed E-state index contributed by atoms with van der Waals surface area (Å²) in [5.41, 5.74) is 1.88. The van der Waals surface area contributed by atoms with Crippen LogP contribution in [0.1, 0.15) is 54.4 Å². The molecule has 1 fully saturated rings. The highest BCUT2D eigenvalue weighted by Crippen LogP contribution is 2.26. The molecule has 2 aromatic rings. The molecule has 0 saturated carbocycles. The second-order valence-electron chi connectivity index (χ2n) is 7.40. The number of aromatic nitrogens is 2. The van der Waals surface area contributed by atoms with E-state index in [2.05, 4.69) is 30.9 Å². The van der Waals surface area contributed by atoms with Gasteiger partial charge in [-0.3, -0.25) is 4.79 Å². The highest BCUT2D eigenvalue weighted by molar-refractivity contribution is 5.94. The van der Waals surface area contributed by atoms with Gasteiger partial charge in [-0.2, -0.15) is 4.98 Å². The Morgan fingerprint density at radius 2 is 2.04 bits per heavy atom. The minimum Gasteiger partial charge on any atom is -0.377 e. The fourth-order valence-electron chi connectivity index (χ4n) is 2.92. The Morgan fingerprint density at radius 1 is 1.31 bits per heavy atom. The van der Waals surface area contributed by atoms with E-state index >= 15 is 0 Å². The van der Waals surface area contributed by atoms with Crippen molar-refractivity contribution in [2.45, 2.75) is 38.8 Å². The molecule has 0 aliphatic carbocycles. The van der Waals surface area contributed by atoms with Crippen LogP contribution in [0.5, 0.6) is 0 Å². The molecule has 7 nitrogen and oxygen atoms in total. The molecule has 26 heavy (non-hydrogen) atoms. The van der Waals surface area contributed by atoms with Crippen LogP contribution in [0.2, 0.25) is 0 Å². The smallest absolute Gasteiger partial charge is 0.254 e. The van der Waals surface area contributed by atoms with Crippen molar-refractivity contribution in [3.63, 3.8) is 0 Å². The summed E-state index contributed by atoms with van der Waals surface area (Å²) in [5.74, 6) is 0.767. The van der Waals surface area contributed by atoms with Crippen LogP contribution < -0.4 is 0 Å². The number of hydrogen-bond donors (Lipinski definition) is 0. The van der Waals surface area contributed by atoms with E-state index in [1.807, 2.05) is 24.3 Å². The minimum atomic E-state index is -0.368. The SMILES string of the molecule is COCc1nc([C@@H]2COCCN2C(=O)c2ccc(C(C)(C)C)cc2)no1. The van der Waals surface area contributed by atoms with Crippen LogP contribution in [0, 0.1) is 0 Å². The average molecular weight is 359 g/mol. The summed E-state index contributed by atoms with van der Waals surface area (Å²) < 4.78 is 15.7. The first-order valence-electron chi connectivity index (χ1n) is 8.71. The maximum atomic E-state index is 13.0. The van der Waals surface area contributed by atoms with E-state index < -0.39 is 0 Å². The Balaban J connectivity index is 1.81. The number of rotatable bonds is 4. The summed E-state index contributed by atoms with van der Waals surface area (Å²) in [6.45, 7) is 8.01. The molecule has 1 aromatic carbocycles. The molecule has 1 aliphatic heterocycles. The molecule has 0 unspecified atom stereocenters. The number of methoxy groups -OCH3 is 1. The van der Waals surface area contributed by atoms with E-state index in [4.69, 9.17) is 14.0 Å². The zero-order chi connectivity index (χ0) is 18.7. The molecule has 3 rings (SSSR count). The van der Waals surface area contributed by atoms with Crippen molar-refractivity contribution in [2.75, 3.05) is 26.9 Å². The monoisotopic (exact) mass is 359 g/mol. The van der Waals surface area contributed by atoms with Crippen molar-refractivity contribution in [3.8, 4) is 0 Å². The quantitative estimate of drug-likeness (QED) is 0.835. The molecule has 7 heteroatoms. The number of hydrogen-bond acceptors (Lipinski definition) is 6. The molecular formula is C19H25N3O4. The predicted molar refractivity (Wildman–Crippen MR) is 94.7 cm³/mol. The molecule has 1 atom stereocenters. The maximum absolute atomic E-state index is 13.0. The highest BCUT2D eigenvalue weighted by atomic mass is 16.5. The Bertz CT molecular complexity index is 749. The zero-order valence-corrected chi connectivity index (χ0v) is 15.7. The zero-order valence-electron chi connectivity index (χ0n) is 15.7. The lowest BCUT2D eigenvalue weighted by atomic mass is 9.86. The van der Waals surface area contributed by atoms with Crippen LogP contribution >= 0.6 is 0 Å². The van der Waals surface area contributed by atoms with Gasteiger partial charge in [-0.25, -0.2) is 0 Å². The standard InChI is InChI=1S/C19H25N3O4/c1-19(2,3)14-7-5-13(6-8-14)18(23)22-9-10-25-11-15(22)17-20-16(12-24-4)26-21-17/h5-8,15H,9-12H2,1-4H3/t15-/m0/s1. The molecule has 1 aromatic heterocycles. The number of amides is 1. The summed E-state index contributed by atoms with van der Waals surface area (Å²) in [4.78, 5) is 19.1. The molecule has 0 bridgehead atoms. The number of ether oxygens (including phenoxy) is 2. The first-order valence-corrected chi connectivity index (χ1v) is 8.71. The molecule has 0 N–H and O–H groups in total. The fraction of sp³-hybridized carbons (Fsp3) is 0.526. The molecule has 0 radical (unpaired) electrons. The second-order valence-corrected chi connectivity index (χ2v) is 7.40. The van der Waals surface area contributed by atoms with Gasteiger partial charge in [0.1, 0.15) is 12.6 Å². The van der Waals surface area contributed by atoms with Crippen molar-refractivity contribution in [2.24, 2.45) is 0 Å². The summed E-state index contributed by atoms with van der Waals surface area (Å²) in [5, 5.41) is 3.99. The first kappa shape index (κ1) is 18.5. The molecular weight excluding hydrogens is 334 g/mol. The normalized spacial score (nSPS) is 18.2. The largest absolute Gasteiger partial charge is 0.377 e. The number of morpholine rings is 1. The topological polar surface area (TPSA) is 77.7 Å². The van der Waals surface area contributed by atoms with Gasteiger partial charge in [0.25, 0.3) is 11.8 Å². The summed E-state index contributed by atoms with van der Waals surface area (Å²) in [6.07, 6.45) is 0. The maximum Gasteiger partial charge on any atom is 0.254 e. The second kappa shape index (κ2) is 7.55. The van der Waals surface area contributed by atoms with Crippen molar-refractivity contribution < 1.29 is 18.8 Å². The molecule has 2 heterocycles. The van der Waals surface area contributed by atoms with Crippen LogP contribution in [0.3, 0.4) is 0 Å². The summed E-state index contributed by atoms with van der Waals surface area (Å²) >= 11 is 0. The highest BCUT2D eigenvalue weighted by Gasteiger charge is 2.33. The van der Waals surface area contributed by atoms with E-state index in [0.29, 0.717) is 37.0 Å². The van der Waals surface area contributed by atoms with Crippen LogP contribution in [0.25, 0.3) is 0 Å². The van der Waals surface area contributed by atoms with Gasteiger partial charge >= 0.3 is 0 Å². The van der Waals surface area contributed by atoms with Gasteiger partial charge in [-0.1, -0.05) is 38.1 Å². The first-order chi connectivity index (χ1) is 12.4. The van der Waals surface area contributed by atoms with Gasteiger partial charge in [0.05, 0.1) is 13.2 Å². The third-order valence-electron chi connectivity index (χ3n) is 4.44. The van der Waals surface area contributed by atoms with Gasteiger partial charge in [0.2, 0.25) is 0 Å².